The van der Waals surface area contributed by atoms with Crippen LogP contribution in [0.5, 0.6) is 0 Å². The van der Waals surface area contributed by atoms with Crippen LogP contribution in [0.15, 0.2) is 16.6 Å². The van der Waals surface area contributed by atoms with Crippen molar-refractivity contribution in [3.8, 4) is 0 Å². The van der Waals surface area contributed by atoms with Gasteiger partial charge in [-0.05, 0) is 54.9 Å². The van der Waals surface area contributed by atoms with Crippen molar-refractivity contribution in [1.29, 1.82) is 0 Å². The lowest BCUT2D eigenvalue weighted by Gasteiger charge is -2.54. The first-order valence-electron chi connectivity index (χ1n) is 8.26. The summed E-state index contributed by atoms with van der Waals surface area (Å²) >= 11 is 3.65. The minimum Gasteiger partial charge on any atom is -0.306 e. The molecule has 3 heteroatoms. The molecule has 1 amide bonds. The van der Waals surface area contributed by atoms with E-state index in [-0.39, 0.29) is 5.54 Å². The number of carbonyl (C=O) groups is 1. The monoisotopic (exact) mass is 347 g/mol. The molecule has 1 atom stereocenters. The Kier molecular flexibility index (Phi) is 3.18. The summed E-state index contributed by atoms with van der Waals surface area (Å²) in [5, 5.41) is 0. The van der Waals surface area contributed by atoms with Crippen molar-refractivity contribution in [3.63, 3.8) is 0 Å². The molecule has 4 rings (SSSR count). The van der Waals surface area contributed by atoms with Gasteiger partial charge in [0, 0.05) is 16.4 Å². The zero-order valence-corrected chi connectivity index (χ0v) is 14.2. The fourth-order valence-electron chi connectivity index (χ4n) is 4.91. The lowest BCUT2D eigenvalue weighted by molar-refractivity contribution is -0.120. The van der Waals surface area contributed by atoms with Gasteiger partial charge in [0.25, 0.3) is 0 Å². The van der Waals surface area contributed by atoms with Gasteiger partial charge in [-0.25, -0.2) is 0 Å². The van der Waals surface area contributed by atoms with Gasteiger partial charge in [0.05, 0.1) is 5.69 Å². The fourth-order valence-corrected chi connectivity index (χ4v) is 5.43. The largest absolute Gasteiger partial charge is 0.306 e. The minimum atomic E-state index is 0.116. The molecule has 0 aromatic heterocycles. The van der Waals surface area contributed by atoms with Crippen molar-refractivity contribution >= 4 is 27.5 Å². The van der Waals surface area contributed by atoms with Crippen molar-refractivity contribution in [2.45, 2.75) is 69.7 Å². The van der Waals surface area contributed by atoms with Crippen LogP contribution in [-0.2, 0) is 11.2 Å². The van der Waals surface area contributed by atoms with Gasteiger partial charge >= 0.3 is 0 Å². The molecule has 3 aliphatic rings. The van der Waals surface area contributed by atoms with E-state index in [1.807, 2.05) is 0 Å². The Balaban J connectivity index is 1.92. The first-order valence-corrected chi connectivity index (χ1v) is 9.05. The molecular formula is C18H22BrNO. The van der Waals surface area contributed by atoms with Gasteiger partial charge in [0.2, 0.25) is 5.91 Å². The van der Waals surface area contributed by atoms with Crippen LogP contribution in [-0.4, -0.2) is 11.4 Å². The highest BCUT2D eigenvalue weighted by Gasteiger charge is 2.48. The van der Waals surface area contributed by atoms with Crippen molar-refractivity contribution < 1.29 is 4.79 Å². The average molecular weight is 348 g/mol. The number of nitrogens with zero attached hydrogens (tertiary/aromatic N) is 1. The molecular weight excluding hydrogens is 326 g/mol. The molecule has 1 saturated carbocycles. The quantitative estimate of drug-likeness (QED) is 0.650. The number of hydrogen-bond acceptors (Lipinski definition) is 1. The zero-order chi connectivity index (χ0) is 14.6. The maximum absolute atomic E-state index is 12.8. The summed E-state index contributed by atoms with van der Waals surface area (Å²) in [4.78, 5) is 15.0. The molecule has 1 aromatic carbocycles. The van der Waals surface area contributed by atoms with E-state index < -0.39 is 0 Å². The van der Waals surface area contributed by atoms with E-state index >= 15 is 0 Å². The summed E-state index contributed by atoms with van der Waals surface area (Å²) in [7, 11) is 0. The number of carbonyl (C=O) groups excluding carboxylic acids is 1. The third-order valence-electron chi connectivity index (χ3n) is 5.74. The average Bonchev–Trinajstić information content (AvgIpc) is 2.46. The van der Waals surface area contributed by atoms with Crippen LogP contribution in [0.3, 0.4) is 0 Å². The second-order valence-electron chi connectivity index (χ2n) is 7.12. The number of aryl methyl sites for hydroxylation is 1. The van der Waals surface area contributed by atoms with Crippen LogP contribution >= 0.6 is 15.9 Å². The first kappa shape index (κ1) is 13.8. The lowest BCUT2D eigenvalue weighted by Crippen LogP contribution is -2.58. The van der Waals surface area contributed by atoms with E-state index in [9.17, 15) is 4.79 Å². The normalized spacial score (nSPS) is 26.9. The van der Waals surface area contributed by atoms with E-state index in [0.29, 0.717) is 18.2 Å². The maximum Gasteiger partial charge on any atom is 0.227 e. The van der Waals surface area contributed by atoms with Gasteiger partial charge < -0.3 is 4.90 Å². The molecule has 1 aliphatic carbocycles. The van der Waals surface area contributed by atoms with Gasteiger partial charge in [0.15, 0.2) is 0 Å². The highest BCUT2D eigenvalue weighted by atomic mass is 79.9. The SMILES string of the molecule is CC1CC2(CCCCC2)N2C(=O)CCc3cc(Br)cc1c32. The van der Waals surface area contributed by atoms with E-state index in [4.69, 9.17) is 0 Å². The smallest absolute Gasteiger partial charge is 0.227 e. The second-order valence-corrected chi connectivity index (χ2v) is 8.04. The molecule has 1 unspecified atom stereocenters. The second kappa shape index (κ2) is 4.84. The predicted octanol–water partition coefficient (Wildman–Crippen LogP) is 4.94. The number of amides is 1. The molecule has 2 aliphatic heterocycles. The maximum atomic E-state index is 12.8. The van der Waals surface area contributed by atoms with E-state index in [2.05, 4.69) is 39.9 Å². The summed E-state index contributed by atoms with van der Waals surface area (Å²) in [6.45, 7) is 2.34. The van der Waals surface area contributed by atoms with Gasteiger partial charge in [-0.3, -0.25) is 4.79 Å². The van der Waals surface area contributed by atoms with Crippen LogP contribution in [0.2, 0.25) is 0 Å². The molecule has 1 aromatic rings. The number of halogens is 1. The van der Waals surface area contributed by atoms with Crippen molar-refractivity contribution in [3.05, 3.63) is 27.7 Å². The van der Waals surface area contributed by atoms with E-state index in [1.54, 1.807) is 0 Å². The van der Waals surface area contributed by atoms with Crippen LogP contribution in [0.1, 0.15) is 68.9 Å². The number of rotatable bonds is 0. The summed E-state index contributed by atoms with van der Waals surface area (Å²) in [5.41, 5.74) is 4.14. The summed E-state index contributed by atoms with van der Waals surface area (Å²) in [6.07, 6.45) is 8.99. The van der Waals surface area contributed by atoms with Crippen LogP contribution in [0.4, 0.5) is 5.69 Å². The molecule has 112 valence electrons. The number of hydrogen-bond donors (Lipinski definition) is 0. The van der Waals surface area contributed by atoms with Crippen LogP contribution in [0, 0.1) is 0 Å². The molecule has 1 spiro atoms. The molecule has 0 N–H and O–H groups in total. The lowest BCUT2D eigenvalue weighted by atomic mass is 9.68. The standard InChI is InChI=1S/C18H22BrNO/c1-12-11-18(7-3-2-4-8-18)20-16(21)6-5-13-9-14(19)10-15(12)17(13)20/h9-10,12H,2-8,11H2,1H3. The summed E-state index contributed by atoms with van der Waals surface area (Å²) < 4.78 is 1.16. The molecule has 21 heavy (non-hydrogen) atoms. The number of anilines is 1. The molecule has 0 radical (unpaired) electrons. The Hall–Kier alpha value is -0.830. The van der Waals surface area contributed by atoms with E-state index in [1.165, 1.54) is 48.9 Å². The zero-order valence-electron chi connectivity index (χ0n) is 12.6. The number of benzene rings is 1. The molecule has 2 heterocycles. The van der Waals surface area contributed by atoms with Crippen LogP contribution in [0.25, 0.3) is 0 Å². The van der Waals surface area contributed by atoms with Gasteiger partial charge in [-0.15, -0.1) is 0 Å². The van der Waals surface area contributed by atoms with Gasteiger partial charge in [-0.1, -0.05) is 42.1 Å². The summed E-state index contributed by atoms with van der Waals surface area (Å²) in [5.74, 6) is 0.913. The minimum absolute atomic E-state index is 0.116. The predicted molar refractivity (Wildman–Crippen MR) is 88.8 cm³/mol. The van der Waals surface area contributed by atoms with Crippen molar-refractivity contribution in [2.75, 3.05) is 4.90 Å². The molecule has 0 bridgehead atoms. The van der Waals surface area contributed by atoms with Crippen molar-refractivity contribution in [1.82, 2.24) is 0 Å². The Bertz CT molecular complexity index is 603. The Morgan fingerprint density at radius 1 is 1.19 bits per heavy atom. The highest BCUT2D eigenvalue weighted by molar-refractivity contribution is 9.10. The van der Waals surface area contributed by atoms with Crippen LogP contribution < -0.4 is 4.90 Å². The third-order valence-corrected chi connectivity index (χ3v) is 6.20. The molecule has 0 saturated heterocycles. The van der Waals surface area contributed by atoms with Gasteiger partial charge in [-0.2, -0.15) is 0 Å². The van der Waals surface area contributed by atoms with Gasteiger partial charge in [0.1, 0.15) is 0 Å². The first-order chi connectivity index (χ1) is 10.1. The highest BCUT2D eigenvalue weighted by Crippen LogP contribution is 2.53. The van der Waals surface area contributed by atoms with E-state index in [0.717, 1.165) is 17.3 Å². The summed E-state index contributed by atoms with van der Waals surface area (Å²) in [6, 6.07) is 4.47. The number of fused-ring (bicyclic) bond motifs is 1. The Morgan fingerprint density at radius 2 is 1.95 bits per heavy atom. The third kappa shape index (κ3) is 2.00. The molecule has 2 nitrogen and oxygen atoms in total. The Labute approximate surface area is 135 Å². The fraction of sp³-hybridized carbons (Fsp3) is 0.611. The Morgan fingerprint density at radius 3 is 2.71 bits per heavy atom. The molecule has 1 fully saturated rings. The van der Waals surface area contributed by atoms with Crippen molar-refractivity contribution in [2.24, 2.45) is 0 Å². The topological polar surface area (TPSA) is 20.3 Å².